The Hall–Kier alpha value is -2.15. The molecule has 2 fully saturated rings. The molecule has 7 heteroatoms. The number of hydrogen-bond acceptors (Lipinski definition) is 5. The number of hydrogen-bond donors (Lipinski definition) is 2. The minimum Gasteiger partial charge on any atom is -0.381 e. The highest BCUT2D eigenvalue weighted by molar-refractivity contribution is 6.04. The summed E-state index contributed by atoms with van der Waals surface area (Å²) >= 11 is 0. The van der Waals surface area contributed by atoms with Gasteiger partial charge >= 0.3 is 0 Å². The van der Waals surface area contributed by atoms with Crippen LogP contribution in [-0.4, -0.2) is 49.1 Å². The Bertz CT molecular complexity index is 668. The monoisotopic (exact) mass is 344 g/mol. The van der Waals surface area contributed by atoms with E-state index < -0.39 is 0 Å². The quantitative estimate of drug-likeness (QED) is 0.866. The minimum atomic E-state index is -0.107. The molecule has 3 aliphatic rings. The molecule has 0 bridgehead atoms. The second-order valence-corrected chi connectivity index (χ2v) is 7.11. The normalized spacial score (nSPS) is 21.3. The van der Waals surface area contributed by atoms with Crippen LogP contribution in [0.3, 0.4) is 0 Å². The highest BCUT2D eigenvalue weighted by Gasteiger charge is 2.29. The van der Waals surface area contributed by atoms with E-state index in [0.717, 1.165) is 38.9 Å². The molecule has 0 radical (unpaired) electrons. The van der Waals surface area contributed by atoms with Crippen molar-refractivity contribution in [3.05, 3.63) is 17.8 Å². The zero-order chi connectivity index (χ0) is 17.2. The maximum absolute atomic E-state index is 12.4. The first kappa shape index (κ1) is 16.3. The lowest BCUT2D eigenvalue weighted by Gasteiger charge is -2.34. The average Bonchev–Trinajstić information content (AvgIpc) is 2.61. The average molecular weight is 344 g/mol. The van der Waals surface area contributed by atoms with Gasteiger partial charge in [0, 0.05) is 32.0 Å². The Balaban J connectivity index is 1.54. The lowest BCUT2D eigenvalue weighted by molar-refractivity contribution is -0.117. The third kappa shape index (κ3) is 3.46. The lowest BCUT2D eigenvalue weighted by Crippen LogP contribution is -2.44. The van der Waals surface area contributed by atoms with E-state index in [0.29, 0.717) is 29.5 Å². The fraction of sp³-hybridized carbons (Fsp3) is 0.611. The zero-order valence-corrected chi connectivity index (χ0v) is 14.3. The molecule has 0 atom stereocenters. The summed E-state index contributed by atoms with van der Waals surface area (Å²) in [7, 11) is 0. The van der Waals surface area contributed by atoms with E-state index in [-0.39, 0.29) is 24.4 Å². The Labute approximate surface area is 147 Å². The van der Waals surface area contributed by atoms with Gasteiger partial charge in [-0.25, -0.2) is 4.98 Å². The molecule has 1 aromatic heterocycles. The maximum atomic E-state index is 12.4. The Morgan fingerprint density at radius 1 is 1.32 bits per heavy atom. The van der Waals surface area contributed by atoms with Gasteiger partial charge in [0.25, 0.3) is 5.91 Å². The summed E-state index contributed by atoms with van der Waals surface area (Å²) in [4.78, 5) is 31.0. The molecule has 1 aliphatic carbocycles. The van der Waals surface area contributed by atoms with Crippen molar-refractivity contribution in [3.63, 3.8) is 0 Å². The van der Waals surface area contributed by atoms with Gasteiger partial charge in [-0.2, -0.15) is 0 Å². The molecule has 1 saturated carbocycles. The number of amides is 2. The van der Waals surface area contributed by atoms with Crippen molar-refractivity contribution in [3.8, 4) is 0 Å². The van der Waals surface area contributed by atoms with Gasteiger partial charge in [0.1, 0.15) is 5.82 Å². The largest absolute Gasteiger partial charge is 0.381 e. The Morgan fingerprint density at radius 3 is 2.84 bits per heavy atom. The van der Waals surface area contributed by atoms with E-state index in [1.807, 2.05) is 0 Å². The molecule has 25 heavy (non-hydrogen) atoms. The predicted octanol–water partition coefficient (Wildman–Crippen LogP) is 1.55. The molecule has 2 amide bonds. The first-order chi connectivity index (χ1) is 12.2. The summed E-state index contributed by atoms with van der Waals surface area (Å²) in [6.45, 7) is 2.41. The van der Waals surface area contributed by atoms with Crippen molar-refractivity contribution in [2.75, 3.05) is 36.5 Å². The van der Waals surface area contributed by atoms with E-state index in [4.69, 9.17) is 4.74 Å². The molecular weight excluding hydrogens is 320 g/mol. The smallest absolute Gasteiger partial charge is 0.253 e. The molecule has 7 nitrogen and oxygen atoms in total. The molecule has 2 N–H and O–H groups in total. The summed E-state index contributed by atoms with van der Waals surface area (Å²) < 4.78 is 5.41. The topological polar surface area (TPSA) is 83.6 Å². The molecule has 4 rings (SSSR count). The summed E-state index contributed by atoms with van der Waals surface area (Å²) in [5.41, 5.74) is 1.23. The van der Waals surface area contributed by atoms with Crippen LogP contribution in [0.15, 0.2) is 12.3 Å². The first-order valence-corrected chi connectivity index (χ1v) is 9.13. The molecule has 134 valence electrons. The van der Waals surface area contributed by atoms with Gasteiger partial charge in [-0.1, -0.05) is 0 Å². The second kappa shape index (κ2) is 7.00. The van der Waals surface area contributed by atoms with Gasteiger partial charge in [-0.05, 0) is 44.1 Å². The first-order valence-electron chi connectivity index (χ1n) is 9.13. The standard InChI is InChI=1S/C18H24N4O3/c23-16-10-20-17-15(22(16)11-12-4-6-25-7-5-12)8-13(9-19-17)18(24)21-14-2-1-3-14/h8-9,12,14H,1-7,10-11H2,(H,19,20)(H,21,24). The van der Waals surface area contributed by atoms with Crippen LogP contribution in [0.1, 0.15) is 42.5 Å². The lowest BCUT2D eigenvalue weighted by atomic mass is 9.93. The molecular formula is C18H24N4O3. The Morgan fingerprint density at radius 2 is 2.12 bits per heavy atom. The fourth-order valence-electron chi connectivity index (χ4n) is 3.52. The van der Waals surface area contributed by atoms with Gasteiger partial charge in [0.15, 0.2) is 0 Å². The number of pyridine rings is 1. The number of carbonyl (C=O) groups is 2. The highest BCUT2D eigenvalue weighted by Crippen LogP contribution is 2.31. The van der Waals surface area contributed by atoms with Crippen LogP contribution in [0.2, 0.25) is 0 Å². The van der Waals surface area contributed by atoms with E-state index in [2.05, 4.69) is 15.6 Å². The third-order valence-corrected chi connectivity index (χ3v) is 5.35. The number of fused-ring (bicyclic) bond motifs is 1. The van der Waals surface area contributed by atoms with Gasteiger partial charge in [-0.15, -0.1) is 0 Å². The zero-order valence-electron chi connectivity index (χ0n) is 14.3. The maximum Gasteiger partial charge on any atom is 0.253 e. The SMILES string of the molecule is O=C(NC1CCC1)c1cnc2c(c1)N(CC1CCOCC1)C(=O)CN2. The number of rotatable bonds is 4. The van der Waals surface area contributed by atoms with Crippen LogP contribution in [0.4, 0.5) is 11.5 Å². The predicted molar refractivity (Wildman–Crippen MR) is 93.7 cm³/mol. The van der Waals surface area contributed by atoms with Gasteiger partial charge in [-0.3, -0.25) is 9.59 Å². The highest BCUT2D eigenvalue weighted by atomic mass is 16.5. The molecule has 2 aliphatic heterocycles. The van der Waals surface area contributed by atoms with E-state index in [1.54, 1.807) is 17.2 Å². The molecule has 3 heterocycles. The summed E-state index contributed by atoms with van der Waals surface area (Å²) in [6, 6.07) is 2.07. The van der Waals surface area contributed by atoms with Crippen LogP contribution in [0.25, 0.3) is 0 Å². The van der Waals surface area contributed by atoms with E-state index in [9.17, 15) is 9.59 Å². The van der Waals surface area contributed by atoms with Crippen molar-refractivity contribution >= 4 is 23.3 Å². The van der Waals surface area contributed by atoms with Gasteiger partial charge in [0.2, 0.25) is 5.91 Å². The van der Waals surface area contributed by atoms with Crippen LogP contribution < -0.4 is 15.5 Å². The summed E-state index contributed by atoms with van der Waals surface area (Å²) in [5, 5.41) is 6.08. The number of aromatic nitrogens is 1. The Kier molecular flexibility index (Phi) is 4.57. The van der Waals surface area contributed by atoms with Crippen molar-refractivity contribution in [1.29, 1.82) is 0 Å². The van der Waals surface area contributed by atoms with Gasteiger partial charge in [0.05, 0.1) is 17.8 Å². The summed E-state index contributed by atoms with van der Waals surface area (Å²) in [6.07, 6.45) is 6.76. The fourth-order valence-corrected chi connectivity index (χ4v) is 3.52. The number of ether oxygens (including phenoxy) is 1. The van der Waals surface area contributed by atoms with Crippen LogP contribution >= 0.6 is 0 Å². The molecule has 0 unspecified atom stereocenters. The van der Waals surface area contributed by atoms with E-state index >= 15 is 0 Å². The number of nitrogens with zero attached hydrogens (tertiary/aromatic N) is 2. The van der Waals surface area contributed by atoms with Crippen molar-refractivity contribution < 1.29 is 14.3 Å². The number of carbonyl (C=O) groups excluding carboxylic acids is 2. The van der Waals surface area contributed by atoms with Crippen LogP contribution in [-0.2, 0) is 9.53 Å². The van der Waals surface area contributed by atoms with Crippen LogP contribution in [0, 0.1) is 5.92 Å². The van der Waals surface area contributed by atoms with Crippen molar-refractivity contribution in [1.82, 2.24) is 10.3 Å². The minimum absolute atomic E-state index is 0.0253. The number of nitrogens with one attached hydrogen (secondary N) is 2. The molecule has 0 spiro atoms. The molecule has 1 saturated heterocycles. The van der Waals surface area contributed by atoms with E-state index in [1.165, 1.54) is 6.42 Å². The van der Waals surface area contributed by atoms with Crippen molar-refractivity contribution in [2.24, 2.45) is 5.92 Å². The third-order valence-electron chi connectivity index (χ3n) is 5.35. The second-order valence-electron chi connectivity index (χ2n) is 7.11. The van der Waals surface area contributed by atoms with Gasteiger partial charge < -0.3 is 20.3 Å². The van der Waals surface area contributed by atoms with Crippen LogP contribution in [0.5, 0.6) is 0 Å². The summed E-state index contributed by atoms with van der Waals surface area (Å²) in [5.74, 6) is 1.02. The molecule has 1 aromatic rings. The molecule has 0 aromatic carbocycles. The van der Waals surface area contributed by atoms with Crippen molar-refractivity contribution in [2.45, 2.75) is 38.1 Å². The number of anilines is 2.